The van der Waals surface area contributed by atoms with Crippen LogP contribution in [0.15, 0.2) is 24.5 Å². The molecule has 2 saturated heterocycles. The molecule has 2 bridgehead atoms. The number of fused-ring (bicyclic) bond motifs is 3. The molecule has 2 atom stereocenters. The van der Waals surface area contributed by atoms with Gasteiger partial charge in [0.05, 0.1) is 17.2 Å². The van der Waals surface area contributed by atoms with Crippen LogP contribution in [0.4, 0.5) is 0 Å². The molecule has 0 aliphatic carbocycles. The number of carbonyl (C=O) groups excluding carboxylic acids is 1. The van der Waals surface area contributed by atoms with E-state index in [0.717, 1.165) is 25.3 Å². The lowest BCUT2D eigenvalue weighted by Crippen LogP contribution is -2.60. The summed E-state index contributed by atoms with van der Waals surface area (Å²) in [6.07, 6.45) is 3.69. The average molecular weight is 335 g/mol. The first-order chi connectivity index (χ1) is 11.1. The van der Waals surface area contributed by atoms with Crippen LogP contribution >= 0.6 is 11.6 Å². The van der Waals surface area contributed by atoms with E-state index < -0.39 is 0 Å². The van der Waals surface area contributed by atoms with Gasteiger partial charge >= 0.3 is 0 Å². The van der Waals surface area contributed by atoms with Gasteiger partial charge < -0.3 is 14.0 Å². The number of rotatable bonds is 2. The number of carbonyl (C=O) groups is 1. The fraction of sp³-hybridized carbons (Fsp3) is 0.500. The Morgan fingerprint density at radius 1 is 1.26 bits per heavy atom. The molecule has 2 aromatic heterocycles. The molecule has 7 heteroatoms. The minimum atomic E-state index is -0.0342. The molecule has 1 amide bonds. The molecular weight excluding hydrogens is 316 g/mol. The number of amides is 1. The highest BCUT2D eigenvalue weighted by molar-refractivity contribution is 6.30. The Balaban J connectivity index is 1.54. The van der Waals surface area contributed by atoms with Crippen LogP contribution in [0.5, 0.6) is 0 Å². The highest BCUT2D eigenvalue weighted by atomic mass is 35.5. The molecule has 0 radical (unpaired) electrons. The van der Waals surface area contributed by atoms with Crippen LogP contribution in [0.3, 0.4) is 0 Å². The number of hydrogen-bond acceptors (Lipinski definition) is 4. The van der Waals surface area contributed by atoms with E-state index in [0.29, 0.717) is 23.8 Å². The van der Waals surface area contributed by atoms with Gasteiger partial charge in [-0.25, -0.2) is 4.98 Å². The van der Waals surface area contributed by atoms with Crippen molar-refractivity contribution in [3.05, 3.63) is 35.2 Å². The Morgan fingerprint density at radius 2 is 2.00 bits per heavy atom. The quantitative estimate of drug-likeness (QED) is 0.836. The number of hydrogen-bond donors (Lipinski definition) is 0. The molecule has 0 spiro atoms. The lowest BCUT2D eigenvalue weighted by Gasteiger charge is -2.45. The summed E-state index contributed by atoms with van der Waals surface area (Å²) in [6, 6.07) is 3.59. The van der Waals surface area contributed by atoms with Gasteiger partial charge in [0.2, 0.25) is 0 Å². The summed E-state index contributed by atoms with van der Waals surface area (Å²) in [4.78, 5) is 21.5. The van der Waals surface area contributed by atoms with Gasteiger partial charge in [-0.1, -0.05) is 18.5 Å². The molecule has 2 aromatic rings. The first-order valence-electron chi connectivity index (χ1n) is 7.93. The smallest absolute Gasteiger partial charge is 0.274 e. The van der Waals surface area contributed by atoms with Crippen molar-refractivity contribution in [2.45, 2.75) is 19.1 Å². The molecule has 2 fully saturated rings. The molecule has 2 unspecified atom stereocenters. The monoisotopic (exact) mass is 334 g/mol. The third-order valence-corrected chi connectivity index (χ3v) is 4.75. The van der Waals surface area contributed by atoms with E-state index in [2.05, 4.69) is 16.8 Å². The molecule has 23 heavy (non-hydrogen) atoms. The molecule has 0 N–H and O–H groups in total. The fourth-order valence-corrected chi connectivity index (χ4v) is 3.60. The highest BCUT2D eigenvalue weighted by Gasteiger charge is 2.36. The maximum absolute atomic E-state index is 12.8. The summed E-state index contributed by atoms with van der Waals surface area (Å²) in [6.45, 7) is 6.21. The van der Waals surface area contributed by atoms with E-state index in [-0.39, 0.29) is 18.1 Å². The SMILES string of the molecule is CCN1CC2CN(C(=O)c3cn4cc(Cl)ccc4n3)CC(C1)O2. The normalized spacial score (nSPS) is 25.0. The van der Waals surface area contributed by atoms with Crippen molar-refractivity contribution in [1.29, 1.82) is 0 Å². The van der Waals surface area contributed by atoms with Gasteiger partial charge in [-0.3, -0.25) is 9.69 Å². The molecule has 0 saturated carbocycles. The molecule has 4 rings (SSSR count). The van der Waals surface area contributed by atoms with Crippen molar-refractivity contribution in [1.82, 2.24) is 19.2 Å². The number of imidazole rings is 1. The second-order valence-electron chi connectivity index (χ2n) is 6.18. The lowest BCUT2D eigenvalue weighted by molar-refractivity contribution is -0.129. The first kappa shape index (κ1) is 14.9. The fourth-order valence-electron chi connectivity index (χ4n) is 3.43. The van der Waals surface area contributed by atoms with Crippen molar-refractivity contribution in [2.24, 2.45) is 0 Å². The number of nitrogens with zero attached hydrogens (tertiary/aromatic N) is 4. The van der Waals surface area contributed by atoms with Gasteiger partial charge in [0, 0.05) is 38.6 Å². The van der Waals surface area contributed by atoms with E-state index in [1.54, 1.807) is 22.9 Å². The van der Waals surface area contributed by atoms with Crippen LogP contribution in [0, 0.1) is 0 Å². The molecule has 6 nitrogen and oxygen atoms in total. The number of halogens is 1. The van der Waals surface area contributed by atoms with Crippen molar-refractivity contribution < 1.29 is 9.53 Å². The predicted molar refractivity (Wildman–Crippen MR) is 86.9 cm³/mol. The zero-order valence-electron chi connectivity index (χ0n) is 13.0. The molecule has 122 valence electrons. The minimum absolute atomic E-state index is 0.0342. The second kappa shape index (κ2) is 5.78. The standard InChI is InChI=1S/C16H19ClN4O2/c1-2-19-6-12-8-21(9-13(7-19)23-12)16(22)14-10-20-5-11(17)3-4-15(20)18-14/h3-5,10,12-13H,2,6-9H2,1H3. The Labute approximate surface area is 139 Å². The molecule has 2 aliphatic rings. The number of likely N-dealkylation sites (N-methyl/N-ethyl adjacent to an activating group) is 1. The van der Waals surface area contributed by atoms with E-state index in [9.17, 15) is 4.79 Å². The molecule has 2 aliphatic heterocycles. The third-order valence-electron chi connectivity index (χ3n) is 4.53. The summed E-state index contributed by atoms with van der Waals surface area (Å²) < 4.78 is 7.75. The van der Waals surface area contributed by atoms with E-state index in [4.69, 9.17) is 16.3 Å². The summed E-state index contributed by atoms with van der Waals surface area (Å²) in [7, 11) is 0. The second-order valence-corrected chi connectivity index (χ2v) is 6.62. The summed E-state index contributed by atoms with van der Waals surface area (Å²) in [5.74, 6) is -0.0342. The van der Waals surface area contributed by atoms with Gasteiger partial charge in [0.25, 0.3) is 5.91 Å². The first-order valence-corrected chi connectivity index (χ1v) is 8.31. The number of aromatic nitrogens is 2. The van der Waals surface area contributed by atoms with Gasteiger partial charge in [0.1, 0.15) is 11.3 Å². The highest BCUT2D eigenvalue weighted by Crippen LogP contribution is 2.21. The zero-order chi connectivity index (χ0) is 16.0. The Morgan fingerprint density at radius 3 is 2.70 bits per heavy atom. The van der Waals surface area contributed by atoms with Crippen molar-refractivity contribution in [2.75, 3.05) is 32.7 Å². The van der Waals surface area contributed by atoms with Crippen LogP contribution in [-0.2, 0) is 4.74 Å². The van der Waals surface area contributed by atoms with Crippen LogP contribution in [-0.4, -0.2) is 70.0 Å². The zero-order valence-corrected chi connectivity index (χ0v) is 13.7. The van der Waals surface area contributed by atoms with Gasteiger partial charge in [-0.2, -0.15) is 0 Å². The van der Waals surface area contributed by atoms with Crippen molar-refractivity contribution >= 4 is 23.2 Å². The third kappa shape index (κ3) is 2.82. The number of ether oxygens (including phenoxy) is 1. The van der Waals surface area contributed by atoms with E-state index in [1.807, 2.05) is 11.0 Å². The average Bonchev–Trinajstić information content (AvgIpc) is 2.96. The van der Waals surface area contributed by atoms with Crippen LogP contribution in [0.1, 0.15) is 17.4 Å². The maximum Gasteiger partial charge on any atom is 0.274 e. The largest absolute Gasteiger partial charge is 0.369 e. The topological polar surface area (TPSA) is 50.1 Å². The maximum atomic E-state index is 12.8. The predicted octanol–water partition coefficient (Wildman–Crippen LogP) is 1.53. The van der Waals surface area contributed by atoms with Crippen LogP contribution in [0.25, 0.3) is 5.65 Å². The number of pyridine rings is 1. The molecule has 0 aromatic carbocycles. The Hall–Kier alpha value is -1.63. The van der Waals surface area contributed by atoms with E-state index >= 15 is 0 Å². The summed E-state index contributed by atoms with van der Waals surface area (Å²) in [5, 5.41) is 0.620. The van der Waals surface area contributed by atoms with Gasteiger partial charge in [-0.15, -0.1) is 0 Å². The Bertz CT molecular complexity index is 733. The van der Waals surface area contributed by atoms with Crippen molar-refractivity contribution in [3.63, 3.8) is 0 Å². The van der Waals surface area contributed by atoms with Gasteiger partial charge in [0.15, 0.2) is 0 Å². The van der Waals surface area contributed by atoms with Gasteiger partial charge in [-0.05, 0) is 18.7 Å². The minimum Gasteiger partial charge on any atom is -0.369 e. The van der Waals surface area contributed by atoms with Crippen LogP contribution < -0.4 is 0 Å². The summed E-state index contributed by atoms with van der Waals surface area (Å²) >= 11 is 5.98. The molecule has 4 heterocycles. The summed E-state index contributed by atoms with van der Waals surface area (Å²) in [5.41, 5.74) is 1.18. The van der Waals surface area contributed by atoms with Crippen molar-refractivity contribution in [3.8, 4) is 0 Å². The molecular formula is C16H19ClN4O2. The number of morpholine rings is 2. The lowest BCUT2D eigenvalue weighted by atomic mass is 10.1. The van der Waals surface area contributed by atoms with E-state index in [1.165, 1.54) is 0 Å². The Kier molecular flexibility index (Phi) is 3.75. The van der Waals surface area contributed by atoms with Crippen LogP contribution in [0.2, 0.25) is 5.02 Å².